The maximum absolute atomic E-state index is 12.0. The van der Waals surface area contributed by atoms with Crippen molar-refractivity contribution in [1.82, 2.24) is 0 Å². The Bertz CT molecular complexity index is 685. The van der Waals surface area contributed by atoms with Crippen LogP contribution in [-0.2, 0) is 19.1 Å². The second kappa shape index (κ2) is 9.44. The van der Waals surface area contributed by atoms with Gasteiger partial charge in [0.2, 0.25) is 0 Å². The summed E-state index contributed by atoms with van der Waals surface area (Å²) in [4.78, 5) is 23.5. The molecule has 1 atom stereocenters. The fourth-order valence-corrected chi connectivity index (χ4v) is 1.94. The van der Waals surface area contributed by atoms with Crippen LogP contribution in [0.5, 0.6) is 11.5 Å². The molecule has 0 fully saturated rings. The molecule has 0 saturated heterocycles. The van der Waals surface area contributed by atoms with Gasteiger partial charge in [0, 0.05) is 12.3 Å². The first-order chi connectivity index (χ1) is 12.1. The maximum Gasteiger partial charge on any atom is 0.332 e. The predicted octanol–water partition coefficient (Wildman–Crippen LogP) is 3.39. The Morgan fingerprint density at radius 3 is 2.28 bits per heavy atom. The van der Waals surface area contributed by atoms with Gasteiger partial charge in [0.15, 0.2) is 6.10 Å². The quantitative estimate of drug-likeness (QED) is 0.744. The molecule has 0 bridgehead atoms. The van der Waals surface area contributed by atoms with E-state index in [1.54, 1.807) is 31.2 Å². The Kier molecular flexibility index (Phi) is 6.98. The standard InChI is InChI=1S/C19H21NO5/c1-3-23-13-18(21)24-14(2)19(22)20-15-9-11-17(12-10-15)25-16-7-5-4-6-8-16/h4-12,14H,3,13H2,1-2H3,(H,20,22)/t14-/m0/s1. The number of rotatable bonds is 8. The summed E-state index contributed by atoms with van der Waals surface area (Å²) in [5.41, 5.74) is 0.582. The minimum absolute atomic E-state index is 0.167. The van der Waals surface area contributed by atoms with E-state index < -0.39 is 18.0 Å². The Morgan fingerprint density at radius 1 is 1.00 bits per heavy atom. The minimum atomic E-state index is -0.909. The van der Waals surface area contributed by atoms with E-state index in [9.17, 15) is 9.59 Å². The lowest BCUT2D eigenvalue weighted by Gasteiger charge is -2.14. The Morgan fingerprint density at radius 2 is 1.64 bits per heavy atom. The average Bonchev–Trinajstić information content (AvgIpc) is 2.62. The fraction of sp³-hybridized carbons (Fsp3) is 0.263. The lowest BCUT2D eigenvalue weighted by atomic mass is 10.2. The van der Waals surface area contributed by atoms with Crippen molar-refractivity contribution in [2.24, 2.45) is 0 Å². The third kappa shape index (κ3) is 6.27. The number of anilines is 1. The SMILES string of the molecule is CCOCC(=O)O[C@@H](C)C(=O)Nc1ccc(Oc2ccccc2)cc1. The highest BCUT2D eigenvalue weighted by Gasteiger charge is 2.17. The maximum atomic E-state index is 12.0. The summed E-state index contributed by atoms with van der Waals surface area (Å²) in [7, 11) is 0. The molecule has 1 amide bonds. The molecule has 0 spiro atoms. The lowest BCUT2D eigenvalue weighted by Crippen LogP contribution is -2.31. The van der Waals surface area contributed by atoms with E-state index in [1.165, 1.54) is 6.92 Å². The van der Waals surface area contributed by atoms with E-state index in [2.05, 4.69) is 5.32 Å². The Labute approximate surface area is 146 Å². The van der Waals surface area contributed by atoms with Crippen molar-refractivity contribution >= 4 is 17.6 Å². The molecule has 0 aliphatic rings. The first-order valence-corrected chi connectivity index (χ1v) is 7.99. The first-order valence-electron chi connectivity index (χ1n) is 7.99. The number of carbonyl (C=O) groups is 2. The van der Waals surface area contributed by atoms with Crippen LogP contribution in [0.3, 0.4) is 0 Å². The second-order valence-corrected chi connectivity index (χ2v) is 5.20. The summed E-state index contributed by atoms with van der Waals surface area (Å²) >= 11 is 0. The summed E-state index contributed by atoms with van der Waals surface area (Å²) in [6.45, 7) is 3.52. The van der Waals surface area contributed by atoms with Crippen LogP contribution in [-0.4, -0.2) is 31.2 Å². The van der Waals surface area contributed by atoms with E-state index in [0.717, 1.165) is 5.75 Å². The molecule has 6 nitrogen and oxygen atoms in total. The molecule has 132 valence electrons. The van der Waals surface area contributed by atoms with Gasteiger partial charge in [-0.25, -0.2) is 4.79 Å². The molecule has 0 aromatic heterocycles. The van der Waals surface area contributed by atoms with Crippen molar-refractivity contribution in [1.29, 1.82) is 0 Å². The summed E-state index contributed by atoms with van der Waals surface area (Å²) < 4.78 is 15.6. The third-order valence-corrected chi connectivity index (χ3v) is 3.20. The normalized spacial score (nSPS) is 11.4. The van der Waals surface area contributed by atoms with Crippen molar-refractivity contribution in [2.75, 3.05) is 18.5 Å². The van der Waals surface area contributed by atoms with Gasteiger partial charge < -0.3 is 19.5 Å². The zero-order valence-corrected chi connectivity index (χ0v) is 14.2. The van der Waals surface area contributed by atoms with Gasteiger partial charge in [-0.2, -0.15) is 0 Å². The predicted molar refractivity (Wildman–Crippen MR) is 93.6 cm³/mol. The molecule has 0 heterocycles. The Balaban J connectivity index is 1.85. The van der Waals surface area contributed by atoms with Gasteiger partial charge in [-0.15, -0.1) is 0 Å². The van der Waals surface area contributed by atoms with E-state index in [0.29, 0.717) is 18.0 Å². The van der Waals surface area contributed by atoms with Gasteiger partial charge >= 0.3 is 5.97 Å². The lowest BCUT2D eigenvalue weighted by molar-refractivity contribution is -0.157. The molecule has 2 aromatic carbocycles. The topological polar surface area (TPSA) is 73.9 Å². The number of benzene rings is 2. The van der Waals surface area contributed by atoms with Crippen molar-refractivity contribution < 1.29 is 23.8 Å². The van der Waals surface area contributed by atoms with E-state index >= 15 is 0 Å². The van der Waals surface area contributed by atoms with Gasteiger partial charge in [0.25, 0.3) is 5.91 Å². The minimum Gasteiger partial charge on any atom is -0.457 e. The molecule has 2 rings (SSSR count). The number of para-hydroxylation sites is 1. The van der Waals surface area contributed by atoms with Crippen LogP contribution in [0.4, 0.5) is 5.69 Å². The van der Waals surface area contributed by atoms with Crippen LogP contribution in [0.2, 0.25) is 0 Å². The van der Waals surface area contributed by atoms with Crippen molar-refractivity contribution in [3.63, 3.8) is 0 Å². The fourth-order valence-electron chi connectivity index (χ4n) is 1.94. The molecule has 0 unspecified atom stereocenters. The van der Waals surface area contributed by atoms with Gasteiger partial charge in [-0.3, -0.25) is 4.79 Å². The van der Waals surface area contributed by atoms with Gasteiger partial charge in [-0.05, 0) is 50.2 Å². The summed E-state index contributed by atoms with van der Waals surface area (Å²) in [6.07, 6.45) is -0.909. The van der Waals surface area contributed by atoms with Gasteiger partial charge in [-0.1, -0.05) is 18.2 Å². The third-order valence-electron chi connectivity index (χ3n) is 3.20. The monoisotopic (exact) mass is 343 g/mol. The van der Waals surface area contributed by atoms with Crippen molar-refractivity contribution in [3.05, 3.63) is 54.6 Å². The van der Waals surface area contributed by atoms with Crippen LogP contribution in [0.1, 0.15) is 13.8 Å². The number of hydrogen-bond acceptors (Lipinski definition) is 5. The number of amides is 1. The van der Waals surface area contributed by atoms with Gasteiger partial charge in [0.1, 0.15) is 18.1 Å². The number of esters is 1. The highest BCUT2D eigenvalue weighted by atomic mass is 16.6. The van der Waals surface area contributed by atoms with Crippen LogP contribution in [0.15, 0.2) is 54.6 Å². The first kappa shape index (κ1) is 18.5. The highest BCUT2D eigenvalue weighted by molar-refractivity contribution is 5.95. The summed E-state index contributed by atoms with van der Waals surface area (Å²) in [5, 5.41) is 2.68. The van der Waals surface area contributed by atoms with Crippen molar-refractivity contribution in [3.8, 4) is 11.5 Å². The zero-order chi connectivity index (χ0) is 18.1. The molecule has 0 saturated carbocycles. The van der Waals surface area contributed by atoms with E-state index in [1.807, 2.05) is 30.3 Å². The largest absolute Gasteiger partial charge is 0.457 e. The molecule has 6 heteroatoms. The molecular formula is C19H21NO5. The molecule has 0 radical (unpaired) electrons. The number of carbonyl (C=O) groups excluding carboxylic acids is 2. The van der Waals surface area contributed by atoms with E-state index in [4.69, 9.17) is 14.2 Å². The molecular weight excluding hydrogens is 322 g/mol. The summed E-state index contributed by atoms with van der Waals surface area (Å²) in [6, 6.07) is 16.3. The van der Waals surface area contributed by atoms with Gasteiger partial charge in [0.05, 0.1) is 0 Å². The molecule has 2 aromatic rings. The average molecular weight is 343 g/mol. The summed E-state index contributed by atoms with van der Waals surface area (Å²) in [5.74, 6) is 0.396. The Hall–Kier alpha value is -2.86. The number of nitrogens with one attached hydrogen (secondary N) is 1. The van der Waals surface area contributed by atoms with Crippen LogP contribution < -0.4 is 10.1 Å². The zero-order valence-electron chi connectivity index (χ0n) is 14.2. The van der Waals surface area contributed by atoms with Crippen LogP contribution in [0, 0.1) is 0 Å². The van der Waals surface area contributed by atoms with Crippen molar-refractivity contribution in [2.45, 2.75) is 20.0 Å². The molecule has 1 N–H and O–H groups in total. The number of hydrogen-bond donors (Lipinski definition) is 1. The molecule has 25 heavy (non-hydrogen) atoms. The van der Waals surface area contributed by atoms with Crippen LogP contribution >= 0.6 is 0 Å². The molecule has 0 aliphatic carbocycles. The highest BCUT2D eigenvalue weighted by Crippen LogP contribution is 2.22. The second-order valence-electron chi connectivity index (χ2n) is 5.20. The smallest absolute Gasteiger partial charge is 0.332 e. The van der Waals surface area contributed by atoms with E-state index in [-0.39, 0.29) is 6.61 Å². The number of ether oxygens (including phenoxy) is 3. The van der Waals surface area contributed by atoms with Crippen LogP contribution in [0.25, 0.3) is 0 Å². The molecule has 0 aliphatic heterocycles.